The molecule has 20 heavy (non-hydrogen) atoms. The average molecular weight is 269 g/mol. The van der Waals surface area contributed by atoms with Crippen molar-refractivity contribution >= 4 is 11.5 Å². The predicted molar refractivity (Wildman–Crippen MR) is 86.4 cm³/mol. The maximum atomic E-state index is 6.11. The summed E-state index contributed by atoms with van der Waals surface area (Å²) in [6, 6.07) is 7.56. The standard InChI is InChI=1S/C17H23N3/c1-4-13-9-12(3)16(10-11(13)2)20-17(19)14-7-5-6-8-15(14)18/h5-8,10,13H,4,9,18H2,1-3H3,(H2,19,20). The molecule has 0 spiro atoms. The van der Waals surface area contributed by atoms with Crippen LogP contribution in [0.2, 0.25) is 0 Å². The fraction of sp³-hybridized carbons (Fsp3) is 0.353. The Morgan fingerprint density at radius 3 is 2.65 bits per heavy atom. The second kappa shape index (κ2) is 5.95. The Morgan fingerprint density at radius 2 is 2.00 bits per heavy atom. The Morgan fingerprint density at radius 1 is 1.30 bits per heavy atom. The fourth-order valence-corrected chi connectivity index (χ4v) is 2.61. The van der Waals surface area contributed by atoms with Gasteiger partial charge in [0.05, 0.1) is 5.70 Å². The first-order chi connectivity index (χ1) is 9.52. The average Bonchev–Trinajstić information content (AvgIpc) is 2.42. The highest BCUT2D eigenvalue weighted by Crippen LogP contribution is 2.31. The Bertz CT molecular complexity index is 594. The van der Waals surface area contributed by atoms with E-state index in [9.17, 15) is 0 Å². The van der Waals surface area contributed by atoms with Crippen molar-refractivity contribution in [2.24, 2.45) is 16.6 Å². The second-order valence-corrected chi connectivity index (χ2v) is 5.45. The van der Waals surface area contributed by atoms with Crippen LogP contribution in [0.3, 0.4) is 0 Å². The first-order valence-corrected chi connectivity index (χ1v) is 7.10. The summed E-state index contributed by atoms with van der Waals surface area (Å²) in [6.07, 6.45) is 4.38. The van der Waals surface area contributed by atoms with Crippen LogP contribution < -0.4 is 11.5 Å². The lowest BCUT2D eigenvalue weighted by molar-refractivity contribution is 0.573. The van der Waals surface area contributed by atoms with Crippen LogP contribution in [0, 0.1) is 5.92 Å². The summed E-state index contributed by atoms with van der Waals surface area (Å²) in [7, 11) is 0. The molecule has 0 aliphatic heterocycles. The largest absolute Gasteiger partial charge is 0.398 e. The van der Waals surface area contributed by atoms with Gasteiger partial charge in [0.2, 0.25) is 0 Å². The second-order valence-electron chi connectivity index (χ2n) is 5.45. The Kier molecular flexibility index (Phi) is 4.28. The zero-order valence-corrected chi connectivity index (χ0v) is 12.5. The summed E-state index contributed by atoms with van der Waals surface area (Å²) in [5, 5.41) is 0. The molecule has 0 saturated carbocycles. The molecule has 3 nitrogen and oxygen atoms in total. The number of rotatable bonds is 3. The third kappa shape index (κ3) is 2.93. The van der Waals surface area contributed by atoms with Gasteiger partial charge in [-0.2, -0.15) is 0 Å². The third-order valence-electron chi connectivity index (χ3n) is 3.97. The molecule has 0 radical (unpaired) electrons. The molecule has 1 atom stereocenters. The number of allylic oxidation sites excluding steroid dienone is 3. The van der Waals surface area contributed by atoms with Gasteiger partial charge >= 0.3 is 0 Å². The first kappa shape index (κ1) is 14.4. The minimum atomic E-state index is 0.483. The molecular weight excluding hydrogens is 246 g/mol. The van der Waals surface area contributed by atoms with E-state index in [1.807, 2.05) is 24.3 Å². The molecule has 1 aliphatic carbocycles. The summed E-state index contributed by atoms with van der Waals surface area (Å²) < 4.78 is 0. The van der Waals surface area contributed by atoms with Crippen LogP contribution >= 0.6 is 0 Å². The Labute approximate surface area is 121 Å². The van der Waals surface area contributed by atoms with Crippen LogP contribution in [0.1, 0.15) is 39.2 Å². The predicted octanol–water partition coefficient (Wildman–Crippen LogP) is 3.62. The highest BCUT2D eigenvalue weighted by atomic mass is 14.9. The van der Waals surface area contributed by atoms with Gasteiger partial charge in [0.1, 0.15) is 5.84 Å². The van der Waals surface area contributed by atoms with E-state index in [1.54, 1.807) is 0 Å². The lowest BCUT2D eigenvalue weighted by Crippen LogP contribution is -2.16. The third-order valence-corrected chi connectivity index (χ3v) is 3.97. The van der Waals surface area contributed by atoms with Crippen molar-refractivity contribution in [1.29, 1.82) is 0 Å². The molecule has 0 bridgehead atoms. The smallest absolute Gasteiger partial charge is 0.133 e. The van der Waals surface area contributed by atoms with E-state index in [2.05, 4.69) is 31.8 Å². The fourth-order valence-electron chi connectivity index (χ4n) is 2.61. The number of aliphatic imine (C=N–C) groups is 1. The molecule has 1 aromatic carbocycles. The lowest BCUT2D eigenvalue weighted by Gasteiger charge is -2.22. The number of amidine groups is 1. The van der Waals surface area contributed by atoms with E-state index < -0.39 is 0 Å². The molecule has 0 fully saturated rings. The van der Waals surface area contributed by atoms with Crippen molar-refractivity contribution in [1.82, 2.24) is 0 Å². The van der Waals surface area contributed by atoms with Gasteiger partial charge in [-0.15, -0.1) is 0 Å². The molecule has 4 N–H and O–H groups in total. The van der Waals surface area contributed by atoms with Gasteiger partial charge in [0.15, 0.2) is 0 Å². The number of benzene rings is 1. The molecule has 0 saturated heterocycles. The molecule has 0 aromatic heterocycles. The van der Waals surface area contributed by atoms with Gasteiger partial charge in [-0.1, -0.05) is 24.6 Å². The van der Waals surface area contributed by atoms with Crippen molar-refractivity contribution in [2.75, 3.05) is 5.73 Å². The normalized spacial score (nSPS) is 20.1. The van der Waals surface area contributed by atoms with Gasteiger partial charge in [-0.05, 0) is 56.4 Å². The van der Waals surface area contributed by atoms with Crippen LogP contribution in [0.5, 0.6) is 0 Å². The van der Waals surface area contributed by atoms with E-state index in [0.29, 0.717) is 17.4 Å². The first-order valence-electron chi connectivity index (χ1n) is 7.10. The minimum absolute atomic E-state index is 0.483. The molecule has 1 aliphatic rings. The summed E-state index contributed by atoms with van der Waals surface area (Å²) in [4.78, 5) is 4.58. The van der Waals surface area contributed by atoms with Crippen molar-refractivity contribution in [3.63, 3.8) is 0 Å². The quantitative estimate of drug-likeness (QED) is 0.500. The van der Waals surface area contributed by atoms with Crippen molar-refractivity contribution in [3.8, 4) is 0 Å². The Hall–Kier alpha value is -2.03. The number of hydrogen-bond acceptors (Lipinski definition) is 2. The summed E-state index contributed by atoms with van der Waals surface area (Å²) >= 11 is 0. The van der Waals surface area contributed by atoms with Crippen molar-refractivity contribution in [3.05, 3.63) is 52.7 Å². The van der Waals surface area contributed by atoms with Gasteiger partial charge in [-0.3, -0.25) is 0 Å². The zero-order valence-electron chi connectivity index (χ0n) is 12.5. The monoisotopic (exact) mass is 269 g/mol. The number of nitrogens with zero attached hydrogens (tertiary/aromatic N) is 1. The highest BCUT2D eigenvalue weighted by molar-refractivity contribution is 6.02. The van der Waals surface area contributed by atoms with Crippen LogP contribution in [0.15, 0.2) is 52.2 Å². The molecule has 1 aromatic rings. The topological polar surface area (TPSA) is 64.4 Å². The van der Waals surface area contributed by atoms with E-state index in [4.69, 9.17) is 11.5 Å². The van der Waals surface area contributed by atoms with Crippen LogP contribution in [0.25, 0.3) is 0 Å². The maximum Gasteiger partial charge on any atom is 0.133 e. The van der Waals surface area contributed by atoms with Crippen LogP contribution in [-0.4, -0.2) is 5.84 Å². The summed E-state index contributed by atoms with van der Waals surface area (Å²) in [5.74, 6) is 1.12. The minimum Gasteiger partial charge on any atom is -0.398 e. The maximum absolute atomic E-state index is 6.11. The van der Waals surface area contributed by atoms with Crippen molar-refractivity contribution < 1.29 is 0 Å². The summed E-state index contributed by atoms with van der Waals surface area (Å²) in [6.45, 7) is 6.53. The van der Waals surface area contributed by atoms with Crippen LogP contribution in [-0.2, 0) is 0 Å². The molecule has 1 unspecified atom stereocenters. The Balaban J connectivity index is 2.34. The molecule has 0 amide bonds. The van der Waals surface area contributed by atoms with E-state index in [0.717, 1.165) is 24.1 Å². The number of nitrogens with two attached hydrogens (primary N) is 2. The molecule has 3 heteroatoms. The highest BCUT2D eigenvalue weighted by Gasteiger charge is 2.17. The SMILES string of the molecule is CCC1CC(C)=C(N=C(N)c2ccccc2N)C=C1C. The zero-order chi connectivity index (χ0) is 14.7. The van der Waals surface area contributed by atoms with E-state index in [1.165, 1.54) is 11.1 Å². The van der Waals surface area contributed by atoms with Gasteiger partial charge < -0.3 is 11.5 Å². The van der Waals surface area contributed by atoms with Crippen molar-refractivity contribution in [2.45, 2.75) is 33.6 Å². The molecule has 0 heterocycles. The van der Waals surface area contributed by atoms with E-state index in [-0.39, 0.29) is 0 Å². The molecule has 106 valence electrons. The van der Waals surface area contributed by atoms with Gasteiger partial charge in [0.25, 0.3) is 0 Å². The number of para-hydroxylation sites is 1. The molecular formula is C17H23N3. The van der Waals surface area contributed by atoms with Crippen LogP contribution in [0.4, 0.5) is 5.69 Å². The number of hydrogen-bond donors (Lipinski definition) is 2. The molecule has 2 rings (SSSR count). The van der Waals surface area contributed by atoms with E-state index >= 15 is 0 Å². The summed E-state index contributed by atoms with van der Waals surface area (Å²) in [5.41, 5.74) is 17.2. The number of nitrogen functional groups attached to an aromatic ring is 1. The van der Waals surface area contributed by atoms with Gasteiger partial charge in [-0.25, -0.2) is 4.99 Å². The number of anilines is 1. The lowest BCUT2D eigenvalue weighted by atomic mass is 9.85. The van der Waals surface area contributed by atoms with Gasteiger partial charge in [0, 0.05) is 11.3 Å².